The van der Waals surface area contributed by atoms with Crippen LogP contribution in [0.15, 0.2) is 70.5 Å². The van der Waals surface area contributed by atoms with Gasteiger partial charge in [-0.25, -0.2) is 8.42 Å². The fourth-order valence-corrected chi connectivity index (χ4v) is 15.5. The van der Waals surface area contributed by atoms with Crippen molar-refractivity contribution in [3.05, 3.63) is 66.2 Å². The van der Waals surface area contributed by atoms with Gasteiger partial charge in [0.05, 0.1) is 49.4 Å². The molecule has 604 valence electrons. The summed E-state index contributed by atoms with van der Waals surface area (Å²) in [4.78, 5) is 14.8. The van der Waals surface area contributed by atoms with Crippen LogP contribution in [0, 0.1) is 6.92 Å². The van der Waals surface area contributed by atoms with Gasteiger partial charge in [0.15, 0.2) is 44.0 Å². The Bertz CT molecular complexity index is 3650. The molecule has 0 amide bonds. The van der Waals surface area contributed by atoms with Gasteiger partial charge in [0.2, 0.25) is 10.0 Å². The summed E-state index contributed by atoms with van der Waals surface area (Å²) in [5.41, 5.74) is 1.37. The Morgan fingerprint density at radius 3 is 1.01 bits per heavy atom. The topological polar surface area (TPSA) is 633 Å². The van der Waals surface area contributed by atoms with Crippen molar-refractivity contribution in [2.75, 3.05) is 71.8 Å². The number of anilines is 1. The van der Waals surface area contributed by atoms with Gasteiger partial charge in [-0.15, -0.1) is 0 Å². The molecule has 24 rings (SSSR count). The zero-order valence-corrected chi connectivity index (χ0v) is 58.6. The number of aryl methyl sites for hydroxylation is 1. The second kappa shape index (κ2) is 35.0. The van der Waals surface area contributed by atoms with Gasteiger partial charge in [-0.3, -0.25) is 8.98 Å². The van der Waals surface area contributed by atoms with Crippen molar-refractivity contribution in [1.29, 1.82) is 0 Å². The fourth-order valence-electron chi connectivity index (χ4n) is 13.6. The number of esters is 1. The third kappa shape index (κ3) is 17.6. The number of carbonyl (C=O) groups excluding carboxylic acids is 1. The van der Waals surface area contributed by atoms with Gasteiger partial charge < -0.3 is 173 Å². The minimum Gasteiger partial charge on any atom is -0.462 e. The van der Waals surface area contributed by atoms with Crippen molar-refractivity contribution in [2.45, 2.75) is 232 Å². The van der Waals surface area contributed by atoms with Crippen LogP contribution in [-0.2, 0) is 100 Å². The average Bonchev–Trinajstić information content (AvgIpc) is 0.805. The second-order valence-corrected chi connectivity index (χ2v) is 30.3. The number of aliphatic hydroxyl groups excluding tert-OH is 19. The van der Waals surface area contributed by atoms with Gasteiger partial charge in [0.25, 0.3) is 10.1 Å². The van der Waals surface area contributed by atoms with E-state index in [4.69, 9.17) is 75.2 Å². The third-order valence-corrected chi connectivity index (χ3v) is 22.3. The number of ether oxygens (including phenoxy) is 15. The highest BCUT2D eigenvalue weighted by Crippen LogP contribution is 2.40. The zero-order valence-electron chi connectivity index (χ0n) is 57.0. The van der Waals surface area contributed by atoms with Gasteiger partial charge in [-0.1, -0.05) is 35.9 Å². The normalized spacial score (nSPS) is 43.4. The molecule has 21 saturated heterocycles. The van der Waals surface area contributed by atoms with Crippen LogP contribution in [0.3, 0.4) is 0 Å². The Morgan fingerprint density at radius 1 is 0.393 bits per heavy atom. The lowest BCUT2D eigenvalue weighted by atomic mass is 9.95. The van der Waals surface area contributed by atoms with Crippen LogP contribution in [0.2, 0.25) is 0 Å². The predicted octanol–water partition coefficient (Wildman–Crippen LogP) is -11.8. The van der Waals surface area contributed by atoms with E-state index in [1.165, 1.54) is 24.3 Å². The summed E-state index contributed by atoms with van der Waals surface area (Å²) in [6.45, 7) is -7.52. The van der Waals surface area contributed by atoms with Gasteiger partial charge in [0, 0.05) is 25.2 Å². The molecule has 0 spiro atoms. The van der Waals surface area contributed by atoms with Crippen LogP contribution in [0.1, 0.15) is 5.56 Å². The molecule has 42 nitrogen and oxygen atoms in total. The summed E-state index contributed by atoms with van der Waals surface area (Å²) in [7, 11) is -5.78. The van der Waals surface area contributed by atoms with Crippen molar-refractivity contribution >= 4 is 42.6 Å². The summed E-state index contributed by atoms with van der Waals surface area (Å²) >= 11 is 0. The smallest absolute Gasteiger partial charge is 0.321 e. The lowest BCUT2D eigenvalue weighted by Crippen LogP contribution is -2.68. The first-order valence-corrected chi connectivity index (χ1v) is 36.7. The molecule has 3 aromatic carbocycles. The first-order valence-electron chi connectivity index (χ1n) is 33.8. The molecule has 0 radical (unpaired) electrons. The van der Waals surface area contributed by atoms with E-state index in [0.717, 1.165) is 17.8 Å². The molecule has 21 aliphatic heterocycles. The van der Waals surface area contributed by atoms with E-state index in [0.29, 0.717) is 16.3 Å². The lowest BCUT2D eigenvalue weighted by molar-refractivity contribution is -0.396. The van der Waals surface area contributed by atoms with Crippen LogP contribution in [0.25, 0.3) is 10.8 Å². The number of aliphatic hydroxyl groups is 19. The highest BCUT2D eigenvalue weighted by Gasteiger charge is 2.60. The SMILES string of the molecule is Cc1ccc(S(=O)(=O)OC[C@H]2O[C@@H]3O[C@H]4[C@H](O)[C@@H](O)[C@@H](O[C@H]5[C@H](O)[C@@H](O)[C@@H](O[C@H]6[C@H](O)[C@@H](O)[C@@H](O[C@H]7[C@H](O)[C@@H](O)[C@@H](O[C@H]8[C@H](O)C(O)[C@@H](O[C@H]9[C@H](O)[C@@H](O)[C@@H](O[C@H]2[C@H](O)[C@H]3O)O[C@@H]9COC(=O)CNS(=O)(=O)c2ccc3c(N(C)C)cccc3c2)O[C@@H]8CO)O[C@@H]7CO)O[C@@H]6CO)O[C@@H]5CO)O[C@@H]4CO)cc1. The molecule has 14 bridgehead atoms. The van der Waals surface area contributed by atoms with E-state index in [9.17, 15) is 119 Å². The Kier molecular flexibility index (Phi) is 27.3. The molecule has 20 N–H and O–H groups in total. The number of nitrogens with zero attached hydrogens (tertiary/aromatic N) is 1. The van der Waals surface area contributed by atoms with Gasteiger partial charge in [0.1, 0.15) is 184 Å². The van der Waals surface area contributed by atoms with Crippen molar-refractivity contribution in [1.82, 2.24) is 4.72 Å². The van der Waals surface area contributed by atoms with Gasteiger partial charge >= 0.3 is 5.97 Å². The van der Waals surface area contributed by atoms with E-state index in [1.54, 1.807) is 50.2 Å². The molecule has 21 aliphatic rings. The van der Waals surface area contributed by atoms with Crippen molar-refractivity contribution in [3.8, 4) is 0 Å². The van der Waals surface area contributed by atoms with Gasteiger partial charge in [-0.05, 0) is 42.6 Å². The second-order valence-electron chi connectivity index (χ2n) is 26.9. The van der Waals surface area contributed by atoms with Crippen LogP contribution in [0.4, 0.5) is 5.69 Å². The van der Waals surface area contributed by atoms with E-state index in [2.05, 4.69) is 4.72 Å². The molecule has 35 atom stereocenters. The Morgan fingerprint density at radius 2 is 0.692 bits per heavy atom. The van der Waals surface area contributed by atoms with Crippen LogP contribution >= 0.6 is 0 Å². The lowest BCUT2D eigenvalue weighted by Gasteiger charge is -2.50. The van der Waals surface area contributed by atoms with E-state index < -0.39 is 299 Å². The molecular weight excluding hydrogens is 1490 g/mol. The van der Waals surface area contributed by atoms with E-state index in [-0.39, 0.29) is 4.90 Å². The van der Waals surface area contributed by atoms with Crippen LogP contribution < -0.4 is 9.62 Å². The van der Waals surface area contributed by atoms with Crippen molar-refractivity contribution in [2.24, 2.45) is 0 Å². The largest absolute Gasteiger partial charge is 0.462 e. The molecule has 0 saturated carbocycles. The molecule has 21 heterocycles. The maximum atomic E-state index is 13.8. The maximum Gasteiger partial charge on any atom is 0.321 e. The zero-order chi connectivity index (χ0) is 77.6. The van der Waals surface area contributed by atoms with Crippen molar-refractivity contribution < 1.29 is 194 Å². The first kappa shape index (κ1) is 83.6. The monoisotopic (exact) mass is 1580 g/mol. The molecule has 21 fully saturated rings. The molecule has 1 unspecified atom stereocenters. The number of fused-ring (bicyclic) bond motifs is 1. The van der Waals surface area contributed by atoms with Gasteiger partial charge in [-0.2, -0.15) is 13.1 Å². The van der Waals surface area contributed by atoms with E-state index in [1.807, 2.05) is 0 Å². The molecule has 107 heavy (non-hydrogen) atoms. The summed E-state index contributed by atoms with van der Waals surface area (Å²) in [5, 5.41) is 218. The summed E-state index contributed by atoms with van der Waals surface area (Å²) < 4.78 is 150. The summed E-state index contributed by atoms with van der Waals surface area (Å²) in [6.07, 6.45) is -76.4. The highest BCUT2D eigenvalue weighted by atomic mass is 32.2. The molecular formula is C63H90N2O40S2. The number of rotatable bonds is 16. The predicted molar refractivity (Wildman–Crippen MR) is 343 cm³/mol. The number of benzene rings is 3. The Hall–Kier alpha value is -4.31. The number of hydrogen-bond donors (Lipinski definition) is 20. The molecule has 44 heteroatoms. The number of carbonyl (C=O) groups is 1. The Balaban J connectivity index is 0.912. The molecule has 0 aromatic heterocycles. The standard InChI is InChI=1S/C63H90N2O40S2/c1-22-7-9-24(10-8-22)107(88,89)91-21-34-56-42(78)49(85)63(98-34)103-54-32(19-70)95-60(46(82)39(54)75)101-52-30(17-68)93-58(44(80)37(52)73)99-50-28(15-66)92-57(43(79)36(50)72)100-51-29(16-67)94-59(45(81)38(51)74)102-53-31(18-69)96-61(47(83)40(53)76)104-55-33(97-62(105-56)48(84)41(55)77)20-90-35(71)14-64-106(86,87)25-11-12-26-23(13-25)5-4-6-27(26)65(2)3/h4-13,28-34,36-64,66-70,72-85H,14-21H2,1-3H3/t28-,29-,30-,31-,32-,33-,34-,36-,37-,38-,39-,40-,41-,42-,43-,44-,45-,46-,47?,48-,49-,50-,51-,52-,53-,54-,55-,56-,57-,58-,59-,60-,61-,62-,63-/m1/s1. The number of sulfonamides is 1. The number of hydrogen-bond acceptors (Lipinski definition) is 41. The molecule has 0 aliphatic carbocycles. The summed E-state index contributed by atoms with van der Waals surface area (Å²) in [5.74, 6) is -1.36. The first-order chi connectivity index (χ1) is 50.7. The van der Waals surface area contributed by atoms with Crippen LogP contribution in [-0.4, -0.2) is 402 Å². The third-order valence-electron chi connectivity index (χ3n) is 19.6. The fraction of sp³-hybridized carbons (Fsp3) is 0.730. The highest BCUT2D eigenvalue weighted by molar-refractivity contribution is 7.89. The van der Waals surface area contributed by atoms with Crippen molar-refractivity contribution in [3.63, 3.8) is 0 Å². The minimum atomic E-state index is -4.83. The summed E-state index contributed by atoms with van der Waals surface area (Å²) in [6, 6.07) is 14.5. The van der Waals surface area contributed by atoms with E-state index >= 15 is 0 Å². The Labute approximate surface area is 608 Å². The quantitative estimate of drug-likeness (QED) is 0.0468. The molecule has 3 aromatic rings. The number of nitrogens with one attached hydrogen (secondary N) is 1. The van der Waals surface area contributed by atoms with Crippen LogP contribution in [0.5, 0.6) is 0 Å². The maximum absolute atomic E-state index is 13.8. The minimum absolute atomic E-state index is 0.279. The average molecular weight is 1580 g/mol.